The van der Waals surface area contributed by atoms with Gasteiger partial charge >= 0.3 is 0 Å². The van der Waals surface area contributed by atoms with Crippen molar-refractivity contribution >= 4 is 27.5 Å². The van der Waals surface area contributed by atoms with Crippen LogP contribution < -0.4 is 5.32 Å². The minimum Gasteiger partial charge on any atom is -0.345 e. The molecular formula is C23H29ClN2O3S. The van der Waals surface area contributed by atoms with Gasteiger partial charge in [0.1, 0.15) is 4.90 Å². The van der Waals surface area contributed by atoms with Crippen molar-refractivity contribution in [1.29, 1.82) is 0 Å². The van der Waals surface area contributed by atoms with E-state index in [0.717, 1.165) is 36.8 Å². The van der Waals surface area contributed by atoms with E-state index in [1.54, 1.807) is 6.07 Å². The Morgan fingerprint density at radius 3 is 2.43 bits per heavy atom. The lowest BCUT2D eigenvalue weighted by Crippen LogP contribution is -2.36. The topological polar surface area (TPSA) is 66.5 Å². The van der Waals surface area contributed by atoms with Crippen LogP contribution in [-0.4, -0.2) is 31.7 Å². The number of sulfonamides is 1. The van der Waals surface area contributed by atoms with Crippen molar-refractivity contribution in [3.63, 3.8) is 0 Å². The van der Waals surface area contributed by atoms with Crippen LogP contribution >= 0.6 is 11.6 Å². The second-order valence-electron chi connectivity index (χ2n) is 7.90. The van der Waals surface area contributed by atoms with Crippen molar-refractivity contribution in [2.75, 3.05) is 13.1 Å². The van der Waals surface area contributed by atoms with Gasteiger partial charge in [-0.1, -0.05) is 48.7 Å². The predicted octanol–water partition coefficient (Wildman–Crippen LogP) is 5.01. The van der Waals surface area contributed by atoms with Crippen LogP contribution in [0.1, 0.15) is 65.7 Å². The van der Waals surface area contributed by atoms with Gasteiger partial charge in [0.25, 0.3) is 5.91 Å². The number of rotatable bonds is 6. The highest BCUT2D eigenvalue weighted by molar-refractivity contribution is 7.89. The minimum atomic E-state index is -3.73. The summed E-state index contributed by atoms with van der Waals surface area (Å²) in [6.45, 7) is 7.05. The lowest BCUT2D eigenvalue weighted by molar-refractivity contribution is 0.0935. The summed E-state index contributed by atoms with van der Waals surface area (Å²) in [5, 5.41) is 3.18. The van der Waals surface area contributed by atoms with Gasteiger partial charge in [0.15, 0.2) is 0 Å². The molecule has 1 fully saturated rings. The van der Waals surface area contributed by atoms with Crippen molar-refractivity contribution in [3.8, 4) is 0 Å². The van der Waals surface area contributed by atoms with E-state index in [-0.39, 0.29) is 27.4 Å². The van der Waals surface area contributed by atoms with Crippen LogP contribution in [0, 0.1) is 13.8 Å². The van der Waals surface area contributed by atoms with Crippen LogP contribution in [0.2, 0.25) is 5.02 Å². The van der Waals surface area contributed by atoms with E-state index in [9.17, 15) is 13.2 Å². The van der Waals surface area contributed by atoms with Crippen molar-refractivity contribution < 1.29 is 13.2 Å². The average molecular weight is 449 g/mol. The molecule has 1 unspecified atom stereocenters. The number of hydrogen-bond donors (Lipinski definition) is 1. The van der Waals surface area contributed by atoms with Gasteiger partial charge in [-0.3, -0.25) is 4.79 Å². The molecule has 1 aliphatic heterocycles. The van der Waals surface area contributed by atoms with Crippen LogP contribution in [0.4, 0.5) is 0 Å². The molecule has 0 saturated carbocycles. The highest BCUT2D eigenvalue weighted by Crippen LogP contribution is 2.28. The molecule has 5 nitrogen and oxygen atoms in total. The van der Waals surface area contributed by atoms with Crippen LogP contribution in [0.25, 0.3) is 0 Å². The fourth-order valence-electron chi connectivity index (χ4n) is 3.94. The molecule has 3 rings (SSSR count). The van der Waals surface area contributed by atoms with Crippen LogP contribution in [0.3, 0.4) is 0 Å². The molecule has 0 spiro atoms. The van der Waals surface area contributed by atoms with Crippen LogP contribution in [-0.2, 0) is 10.0 Å². The molecule has 1 amide bonds. The second-order valence-corrected chi connectivity index (χ2v) is 10.2. The first kappa shape index (κ1) is 22.8. The number of carbonyl (C=O) groups excluding carboxylic acids is 1. The SMILES string of the molecule is CCC(NC(=O)c1ccc(Cl)c(S(=O)(=O)N2CCCCC2)c1)c1ccc(C)cc1C. The van der Waals surface area contributed by atoms with Crippen molar-refractivity contribution in [1.82, 2.24) is 9.62 Å². The molecule has 1 heterocycles. The molecule has 162 valence electrons. The van der Waals surface area contributed by atoms with E-state index >= 15 is 0 Å². The maximum Gasteiger partial charge on any atom is 0.251 e. The molecule has 1 aliphatic rings. The number of aryl methyl sites for hydroxylation is 2. The van der Waals surface area contributed by atoms with Gasteiger partial charge < -0.3 is 5.32 Å². The van der Waals surface area contributed by atoms with Gasteiger partial charge in [-0.2, -0.15) is 4.31 Å². The standard InChI is InChI=1S/C23H29ClN2O3S/c1-4-21(19-10-8-16(2)14-17(19)3)25-23(27)18-9-11-20(24)22(15-18)30(28,29)26-12-6-5-7-13-26/h8-11,14-15,21H,4-7,12-13H2,1-3H3,(H,25,27). The van der Waals surface area contributed by atoms with E-state index in [4.69, 9.17) is 11.6 Å². The highest BCUT2D eigenvalue weighted by atomic mass is 35.5. The van der Waals surface area contributed by atoms with E-state index in [1.165, 1.54) is 22.0 Å². The summed E-state index contributed by atoms with van der Waals surface area (Å²) in [7, 11) is -3.73. The number of carbonyl (C=O) groups is 1. The number of hydrogen-bond acceptors (Lipinski definition) is 3. The Morgan fingerprint density at radius 2 is 1.80 bits per heavy atom. The lowest BCUT2D eigenvalue weighted by atomic mass is 9.97. The zero-order chi connectivity index (χ0) is 21.9. The summed E-state index contributed by atoms with van der Waals surface area (Å²) in [5.41, 5.74) is 3.64. The number of piperidine rings is 1. The van der Waals surface area contributed by atoms with E-state index in [1.807, 2.05) is 32.9 Å². The summed E-state index contributed by atoms with van der Waals surface area (Å²) in [5.74, 6) is -0.311. The predicted molar refractivity (Wildman–Crippen MR) is 120 cm³/mol. The summed E-state index contributed by atoms with van der Waals surface area (Å²) in [4.78, 5) is 13.0. The Bertz CT molecular complexity index is 1030. The van der Waals surface area contributed by atoms with Crippen molar-refractivity contribution in [2.24, 2.45) is 0 Å². The monoisotopic (exact) mass is 448 g/mol. The molecule has 2 aromatic carbocycles. The first-order chi connectivity index (χ1) is 14.2. The normalized spacial score (nSPS) is 16.3. The molecular weight excluding hydrogens is 420 g/mol. The maximum absolute atomic E-state index is 13.1. The number of amides is 1. The zero-order valence-corrected chi connectivity index (χ0v) is 19.3. The van der Waals surface area contributed by atoms with Crippen LogP contribution in [0.5, 0.6) is 0 Å². The molecule has 0 aliphatic carbocycles. The summed E-state index contributed by atoms with van der Waals surface area (Å²) < 4.78 is 27.6. The van der Waals surface area contributed by atoms with Gasteiger partial charge in [-0.15, -0.1) is 0 Å². The average Bonchev–Trinajstić information content (AvgIpc) is 2.73. The Morgan fingerprint density at radius 1 is 1.10 bits per heavy atom. The largest absolute Gasteiger partial charge is 0.345 e. The summed E-state index contributed by atoms with van der Waals surface area (Å²) in [6.07, 6.45) is 3.43. The quantitative estimate of drug-likeness (QED) is 0.675. The fourth-order valence-corrected chi connectivity index (χ4v) is 5.96. The van der Waals surface area contributed by atoms with Crippen molar-refractivity contribution in [2.45, 2.75) is 57.4 Å². The first-order valence-corrected chi connectivity index (χ1v) is 12.2. The third-order valence-corrected chi connectivity index (χ3v) is 8.02. The van der Waals surface area contributed by atoms with Gasteiger partial charge in [0, 0.05) is 18.7 Å². The Kier molecular flexibility index (Phi) is 7.22. The molecule has 30 heavy (non-hydrogen) atoms. The maximum atomic E-state index is 13.1. The fraction of sp³-hybridized carbons (Fsp3) is 0.435. The summed E-state index contributed by atoms with van der Waals surface area (Å²) >= 11 is 6.23. The number of halogens is 1. The van der Waals surface area contributed by atoms with Crippen molar-refractivity contribution in [3.05, 3.63) is 63.7 Å². The van der Waals surface area contributed by atoms with Gasteiger partial charge in [0.2, 0.25) is 10.0 Å². The molecule has 1 saturated heterocycles. The van der Waals surface area contributed by atoms with E-state index < -0.39 is 10.0 Å². The number of nitrogens with one attached hydrogen (secondary N) is 1. The van der Waals surface area contributed by atoms with E-state index in [2.05, 4.69) is 11.4 Å². The number of benzene rings is 2. The van der Waals surface area contributed by atoms with Gasteiger partial charge in [0.05, 0.1) is 11.1 Å². The number of nitrogens with zero attached hydrogens (tertiary/aromatic N) is 1. The molecule has 7 heteroatoms. The zero-order valence-electron chi connectivity index (χ0n) is 17.7. The Balaban J connectivity index is 1.86. The smallest absolute Gasteiger partial charge is 0.251 e. The molecule has 0 bridgehead atoms. The summed E-state index contributed by atoms with van der Waals surface area (Å²) in [6, 6.07) is 10.5. The molecule has 1 N–H and O–H groups in total. The van der Waals surface area contributed by atoms with Gasteiger partial charge in [-0.25, -0.2) is 8.42 Å². The molecule has 2 aromatic rings. The third kappa shape index (κ3) is 4.88. The molecule has 0 radical (unpaired) electrons. The molecule has 0 aromatic heterocycles. The van der Waals surface area contributed by atoms with Crippen LogP contribution in [0.15, 0.2) is 41.3 Å². The first-order valence-electron chi connectivity index (χ1n) is 10.4. The third-order valence-electron chi connectivity index (χ3n) is 5.64. The lowest BCUT2D eigenvalue weighted by Gasteiger charge is -2.26. The van der Waals surface area contributed by atoms with E-state index in [0.29, 0.717) is 13.1 Å². The van der Waals surface area contributed by atoms with Gasteiger partial charge in [-0.05, 0) is 62.4 Å². The highest BCUT2D eigenvalue weighted by Gasteiger charge is 2.29. The minimum absolute atomic E-state index is 0.00159. The molecule has 1 atom stereocenters. The Labute approximate surface area is 184 Å². The Hall–Kier alpha value is -1.89. The second kappa shape index (κ2) is 9.50.